The van der Waals surface area contributed by atoms with E-state index in [1.165, 1.54) is 12.7 Å². The van der Waals surface area contributed by atoms with Crippen LogP contribution in [0.2, 0.25) is 10.0 Å². The molecule has 316 valence electrons. The molecule has 0 saturated carbocycles. The minimum atomic E-state index is -0.971. The van der Waals surface area contributed by atoms with Crippen LogP contribution in [0.1, 0.15) is 61.7 Å². The summed E-state index contributed by atoms with van der Waals surface area (Å²) in [5.41, 5.74) is 14.5. The second-order valence-electron chi connectivity index (χ2n) is 15.3. The lowest BCUT2D eigenvalue weighted by atomic mass is 9.87. The van der Waals surface area contributed by atoms with Crippen LogP contribution in [-0.4, -0.2) is 102 Å². The van der Waals surface area contributed by atoms with Gasteiger partial charge in [0.25, 0.3) is 0 Å². The van der Waals surface area contributed by atoms with Crippen LogP contribution in [0, 0.1) is 0 Å². The fourth-order valence-corrected chi connectivity index (χ4v) is 8.06. The fourth-order valence-electron chi connectivity index (χ4n) is 7.81. The first-order valence-electron chi connectivity index (χ1n) is 20.0. The molecule has 0 aliphatic carbocycles. The Kier molecular flexibility index (Phi) is 13.5. The Hall–Kier alpha value is -5.36. The van der Waals surface area contributed by atoms with Gasteiger partial charge in [0.1, 0.15) is 35.6 Å². The molecule has 0 radical (unpaired) electrons. The summed E-state index contributed by atoms with van der Waals surface area (Å²) in [5.74, 6) is 1.29. The highest BCUT2D eigenvalue weighted by atomic mass is 35.5. The Labute approximate surface area is 357 Å². The van der Waals surface area contributed by atoms with E-state index in [2.05, 4.69) is 50.3 Å². The number of anilines is 2. The molecule has 2 saturated heterocycles. The lowest BCUT2D eigenvalue weighted by Gasteiger charge is -2.39. The van der Waals surface area contributed by atoms with Crippen molar-refractivity contribution >= 4 is 68.7 Å². The zero-order chi connectivity index (χ0) is 42.3. The van der Waals surface area contributed by atoms with Crippen molar-refractivity contribution in [1.82, 2.24) is 40.5 Å². The number of rotatable bonds is 12. The molecule has 2 fully saturated rings. The highest BCUT2D eigenvalue weighted by Gasteiger charge is 2.40. The van der Waals surface area contributed by atoms with Crippen molar-refractivity contribution in [1.29, 1.82) is 0 Å². The van der Waals surface area contributed by atoms with E-state index in [0.717, 1.165) is 44.8 Å². The van der Waals surface area contributed by atoms with Gasteiger partial charge in [-0.25, -0.2) is 19.9 Å². The van der Waals surface area contributed by atoms with Crippen molar-refractivity contribution in [2.24, 2.45) is 11.5 Å². The molecule has 0 unspecified atom stereocenters. The first kappa shape index (κ1) is 42.8. The number of hydrogen-bond donors (Lipinski definition) is 8. The summed E-state index contributed by atoms with van der Waals surface area (Å²) in [7, 11) is 0. The van der Waals surface area contributed by atoms with E-state index in [0.29, 0.717) is 74.7 Å². The number of carbonyl (C=O) groups is 2. The third kappa shape index (κ3) is 9.65. The van der Waals surface area contributed by atoms with Crippen molar-refractivity contribution in [2.75, 3.05) is 49.2 Å². The Balaban J connectivity index is 0.000000181. The number of nitrogens with zero attached hydrogens (tertiary/aromatic N) is 6. The summed E-state index contributed by atoms with van der Waals surface area (Å²) in [6.07, 6.45) is 9.57. The Morgan fingerprint density at radius 1 is 0.633 bits per heavy atom. The van der Waals surface area contributed by atoms with Gasteiger partial charge >= 0.3 is 0 Å². The summed E-state index contributed by atoms with van der Waals surface area (Å²) in [6, 6.07) is 17.8. The normalized spacial score (nSPS) is 17.1. The van der Waals surface area contributed by atoms with Crippen molar-refractivity contribution in [3.05, 3.63) is 107 Å². The lowest BCUT2D eigenvalue weighted by Crippen LogP contribution is -2.60. The van der Waals surface area contributed by atoms with Crippen LogP contribution in [0.25, 0.3) is 22.1 Å². The first-order valence-corrected chi connectivity index (χ1v) is 20.7. The van der Waals surface area contributed by atoms with E-state index in [1.807, 2.05) is 48.8 Å². The fraction of sp³-hybridized carbons (Fsp3) is 0.381. The Morgan fingerprint density at radius 3 is 1.35 bits per heavy atom. The van der Waals surface area contributed by atoms with Gasteiger partial charge in [-0.3, -0.25) is 9.59 Å². The van der Waals surface area contributed by atoms with Crippen LogP contribution in [0.5, 0.6) is 0 Å². The molecule has 2 aromatic carbocycles. The minimum absolute atomic E-state index is 0.0424. The maximum Gasteiger partial charge on any atom is 0.240 e. The molecular formula is C42H50Cl2N12O4. The molecule has 0 spiro atoms. The highest BCUT2D eigenvalue weighted by Crippen LogP contribution is 2.31. The molecule has 2 aliphatic heterocycles. The molecule has 2 aliphatic rings. The molecule has 6 aromatic rings. The smallest absolute Gasteiger partial charge is 0.240 e. The lowest BCUT2D eigenvalue weighted by molar-refractivity contribution is -0.128. The zero-order valence-corrected chi connectivity index (χ0v) is 34.5. The average Bonchev–Trinajstić information content (AvgIpc) is 3.96. The number of aliphatic hydroxyl groups is 2. The standard InChI is InChI=1S/2C21H25ClN6O2/c2*22-15-3-1-14(2-4-15)17(6-12-29)27-20(30)21(23)7-10-28(11-8-21)19-16-5-9-24-18(16)25-13-26-19/h2*1-5,9,13,17,29H,6-8,10-12,23H2,(H,27,30)(H,24,25,26)/t2*17-/m00/s1. The second-order valence-corrected chi connectivity index (χ2v) is 16.2. The van der Waals surface area contributed by atoms with E-state index < -0.39 is 11.1 Å². The maximum atomic E-state index is 13.1. The van der Waals surface area contributed by atoms with Crippen molar-refractivity contribution < 1.29 is 19.8 Å². The predicted octanol–water partition coefficient (Wildman–Crippen LogP) is 4.30. The van der Waals surface area contributed by atoms with E-state index in [-0.39, 0.29) is 37.1 Å². The van der Waals surface area contributed by atoms with Gasteiger partial charge in [-0.1, -0.05) is 47.5 Å². The molecule has 0 bridgehead atoms. The average molecular weight is 858 g/mol. The van der Waals surface area contributed by atoms with Gasteiger partial charge in [0, 0.05) is 61.8 Å². The van der Waals surface area contributed by atoms with Gasteiger partial charge in [0.15, 0.2) is 0 Å². The largest absolute Gasteiger partial charge is 0.396 e. The Morgan fingerprint density at radius 2 is 1.00 bits per heavy atom. The molecule has 4 aromatic heterocycles. The SMILES string of the molecule is NC1(C(=O)N[C@@H](CCO)c2ccc(Cl)cc2)CCN(c2ncnc3[nH]ccc23)CC1.NC1(C(=O)N[C@@H](CCO)c2ccc(Cl)cc2)CCN(c2ncnc3[nH]ccc23)CC1. The number of benzene rings is 2. The molecule has 60 heavy (non-hydrogen) atoms. The monoisotopic (exact) mass is 856 g/mol. The number of carbonyl (C=O) groups excluding carboxylic acids is 2. The third-order valence-electron chi connectivity index (χ3n) is 11.5. The molecule has 6 heterocycles. The van der Waals surface area contributed by atoms with E-state index >= 15 is 0 Å². The molecule has 2 atom stereocenters. The number of H-pyrrole nitrogens is 2. The Bertz CT molecular complexity index is 2190. The zero-order valence-electron chi connectivity index (χ0n) is 33.0. The minimum Gasteiger partial charge on any atom is -0.396 e. The number of piperidine rings is 2. The van der Waals surface area contributed by atoms with Gasteiger partial charge < -0.3 is 52.1 Å². The molecule has 2 amide bonds. The highest BCUT2D eigenvalue weighted by molar-refractivity contribution is 6.30. The number of nitrogens with one attached hydrogen (secondary N) is 4. The van der Waals surface area contributed by atoms with Gasteiger partial charge in [0.05, 0.1) is 33.9 Å². The van der Waals surface area contributed by atoms with Crippen LogP contribution in [0.3, 0.4) is 0 Å². The third-order valence-corrected chi connectivity index (χ3v) is 12.0. The van der Waals surface area contributed by atoms with Crippen LogP contribution in [0.4, 0.5) is 11.6 Å². The number of aliphatic hydroxyl groups excluding tert-OH is 2. The first-order chi connectivity index (χ1) is 29.0. The topological polar surface area (TPSA) is 240 Å². The van der Waals surface area contributed by atoms with E-state index in [1.54, 1.807) is 24.3 Å². The number of aromatic nitrogens is 6. The molecular weight excluding hydrogens is 807 g/mol. The number of aromatic amines is 2. The van der Waals surface area contributed by atoms with Crippen LogP contribution >= 0.6 is 23.2 Å². The number of hydrogen-bond acceptors (Lipinski definition) is 12. The van der Waals surface area contributed by atoms with Crippen molar-refractivity contribution in [2.45, 2.75) is 61.7 Å². The quantitative estimate of drug-likeness (QED) is 0.0860. The van der Waals surface area contributed by atoms with Gasteiger partial charge in [-0.05, 0) is 86.1 Å². The van der Waals surface area contributed by atoms with Gasteiger partial charge in [-0.2, -0.15) is 0 Å². The van der Waals surface area contributed by atoms with E-state index in [9.17, 15) is 19.8 Å². The molecule has 18 heteroatoms. The second kappa shape index (κ2) is 18.9. The summed E-state index contributed by atoms with van der Waals surface area (Å²) in [5, 5.41) is 28.1. The predicted molar refractivity (Wildman–Crippen MR) is 233 cm³/mol. The van der Waals surface area contributed by atoms with Crippen LogP contribution < -0.4 is 31.9 Å². The summed E-state index contributed by atoms with van der Waals surface area (Å²) >= 11 is 11.9. The summed E-state index contributed by atoms with van der Waals surface area (Å²) in [6.45, 7) is 2.39. The molecule has 8 rings (SSSR count). The van der Waals surface area contributed by atoms with Gasteiger partial charge in [-0.15, -0.1) is 0 Å². The number of halogens is 2. The van der Waals surface area contributed by atoms with Crippen molar-refractivity contribution in [3.8, 4) is 0 Å². The van der Waals surface area contributed by atoms with E-state index in [4.69, 9.17) is 34.7 Å². The van der Waals surface area contributed by atoms with Crippen LogP contribution in [-0.2, 0) is 9.59 Å². The maximum absolute atomic E-state index is 13.1. The number of amides is 2. The summed E-state index contributed by atoms with van der Waals surface area (Å²) < 4.78 is 0. The number of fused-ring (bicyclic) bond motifs is 2. The molecule has 10 N–H and O–H groups in total. The van der Waals surface area contributed by atoms with Crippen molar-refractivity contribution in [3.63, 3.8) is 0 Å². The summed E-state index contributed by atoms with van der Waals surface area (Å²) in [4.78, 5) is 53.9. The number of nitrogens with two attached hydrogens (primary N) is 2. The van der Waals surface area contributed by atoms with Gasteiger partial charge in [0.2, 0.25) is 11.8 Å². The molecule has 16 nitrogen and oxygen atoms in total. The van der Waals surface area contributed by atoms with Crippen LogP contribution in [0.15, 0.2) is 85.7 Å².